The van der Waals surface area contributed by atoms with Gasteiger partial charge in [0.1, 0.15) is 5.75 Å². The fourth-order valence-corrected chi connectivity index (χ4v) is 1.90. The first-order valence-electron chi connectivity index (χ1n) is 7.50. The Kier molecular flexibility index (Phi) is 8.27. The van der Waals surface area contributed by atoms with Crippen LogP contribution in [-0.4, -0.2) is 25.6 Å². The molecule has 0 spiro atoms. The lowest BCUT2D eigenvalue weighted by atomic mass is 10.2. The van der Waals surface area contributed by atoms with Crippen LogP contribution in [0.4, 0.5) is 5.69 Å². The highest BCUT2D eigenvalue weighted by Crippen LogP contribution is 2.23. The van der Waals surface area contributed by atoms with E-state index in [4.69, 9.17) is 4.74 Å². The van der Waals surface area contributed by atoms with E-state index in [1.165, 1.54) is 12.8 Å². The number of nitrogens with one attached hydrogen (secondary N) is 2. The summed E-state index contributed by atoms with van der Waals surface area (Å²) in [6.07, 6.45) is 3.88. The number of unbranched alkanes of at least 4 members (excludes halogenated alkanes) is 2. The monoisotopic (exact) mass is 278 g/mol. The molecule has 2 N–H and O–H groups in total. The molecule has 0 unspecified atom stereocenters. The normalized spacial score (nSPS) is 10.1. The molecule has 0 saturated heterocycles. The second-order valence-corrected chi connectivity index (χ2v) is 4.66. The topological polar surface area (TPSA) is 50.4 Å². The van der Waals surface area contributed by atoms with E-state index in [1.807, 2.05) is 31.2 Å². The number of carbonyl (C=O) groups is 1. The fourth-order valence-electron chi connectivity index (χ4n) is 1.90. The van der Waals surface area contributed by atoms with Crippen molar-refractivity contribution in [3.8, 4) is 5.75 Å². The molecule has 1 rings (SSSR count). The lowest BCUT2D eigenvalue weighted by molar-refractivity contribution is -0.120. The summed E-state index contributed by atoms with van der Waals surface area (Å²) in [4.78, 5) is 11.6. The van der Waals surface area contributed by atoms with Crippen molar-refractivity contribution in [3.05, 3.63) is 24.3 Å². The zero-order valence-corrected chi connectivity index (χ0v) is 12.6. The van der Waals surface area contributed by atoms with E-state index in [1.54, 1.807) is 0 Å². The van der Waals surface area contributed by atoms with E-state index in [0.29, 0.717) is 19.6 Å². The number of carbonyl (C=O) groups excluding carboxylic acids is 1. The third-order valence-corrected chi connectivity index (χ3v) is 2.96. The average molecular weight is 278 g/mol. The van der Waals surface area contributed by atoms with E-state index in [-0.39, 0.29) is 5.91 Å². The van der Waals surface area contributed by atoms with E-state index in [2.05, 4.69) is 17.6 Å². The number of rotatable bonds is 10. The minimum atomic E-state index is 0.0995. The Labute approximate surface area is 121 Å². The summed E-state index contributed by atoms with van der Waals surface area (Å²) in [5.41, 5.74) is 0.938. The first-order chi connectivity index (χ1) is 9.77. The van der Waals surface area contributed by atoms with Crippen molar-refractivity contribution >= 4 is 11.6 Å². The molecule has 4 heteroatoms. The molecule has 112 valence electrons. The summed E-state index contributed by atoms with van der Waals surface area (Å²) in [7, 11) is 0. The van der Waals surface area contributed by atoms with Gasteiger partial charge in [-0.1, -0.05) is 31.9 Å². The number of hydrogen-bond acceptors (Lipinski definition) is 3. The van der Waals surface area contributed by atoms with Crippen molar-refractivity contribution in [1.29, 1.82) is 0 Å². The first-order valence-corrected chi connectivity index (χ1v) is 7.50. The number of para-hydroxylation sites is 2. The van der Waals surface area contributed by atoms with Crippen LogP contribution in [0.1, 0.15) is 39.5 Å². The Hall–Kier alpha value is -1.71. The molecular weight excluding hydrogens is 252 g/mol. The molecule has 0 heterocycles. The van der Waals surface area contributed by atoms with Crippen molar-refractivity contribution in [2.75, 3.05) is 25.0 Å². The molecule has 1 amide bonds. The molecule has 1 aromatic carbocycles. The van der Waals surface area contributed by atoms with Crippen molar-refractivity contribution in [3.63, 3.8) is 0 Å². The fraction of sp³-hybridized carbons (Fsp3) is 0.562. The van der Waals surface area contributed by atoms with Crippen LogP contribution >= 0.6 is 0 Å². The molecule has 0 radical (unpaired) electrons. The first kappa shape index (κ1) is 16.3. The number of ether oxygens (including phenoxy) is 1. The molecular formula is C16H26N2O2. The Bertz CT molecular complexity index is 394. The van der Waals surface area contributed by atoms with Crippen LogP contribution in [0.3, 0.4) is 0 Å². The van der Waals surface area contributed by atoms with Crippen LogP contribution in [0, 0.1) is 0 Å². The Balaban J connectivity index is 2.24. The summed E-state index contributed by atoms with van der Waals surface area (Å²) in [6, 6.07) is 7.78. The zero-order valence-electron chi connectivity index (χ0n) is 12.6. The Morgan fingerprint density at radius 1 is 1.15 bits per heavy atom. The molecule has 0 saturated carbocycles. The predicted octanol–water partition coefficient (Wildman–Crippen LogP) is 3.19. The molecule has 0 aliphatic heterocycles. The Morgan fingerprint density at radius 3 is 2.70 bits per heavy atom. The highest BCUT2D eigenvalue weighted by Gasteiger charge is 2.03. The van der Waals surface area contributed by atoms with Crippen LogP contribution < -0.4 is 15.4 Å². The van der Waals surface area contributed by atoms with Gasteiger partial charge in [0.25, 0.3) is 0 Å². The third-order valence-electron chi connectivity index (χ3n) is 2.96. The third kappa shape index (κ3) is 6.45. The molecule has 1 aromatic rings. The second kappa shape index (κ2) is 10.1. The molecule has 0 atom stereocenters. The number of anilines is 1. The van der Waals surface area contributed by atoms with Gasteiger partial charge in [-0.3, -0.25) is 4.79 Å². The quantitative estimate of drug-likeness (QED) is 0.646. The molecule has 0 aliphatic rings. The maximum Gasteiger partial charge on any atom is 0.221 e. The summed E-state index contributed by atoms with van der Waals surface area (Å²) >= 11 is 0. The largest absolute Gasteiger partial charge is 0.492 e. The van der Waals surface area contributed by atoms with Gasteiger partial charge in [-0.2, -0.15) is 0 Å². The van der Waals surface area contributed by atoms with Gasteiger partial charge in [0.15, 0.2) is 0 Å². The van der Waals surface area contributed by atoms with E-state index >= 15 is 0 Å². The molecule has 20 heavy (non-hydrogen) atoms. The van der Waals surface area contributed by atoms with Gasteiger partial charge in [0.05, 0.1) is 12.3 Å². The highest BCUT2D eigenvalue weighted by atomic mass is 16.5. The van der Waals surface area contributed by atoms with Crippen LogP contribution in [0.15, 0.2) is 24.3 Å². The minimum Gasteiger partial charge on any atom is -0.492 e. The van der Waals surface area contributed by atoms with E-state index < -0.39 is 0 Å². The zero-order chi connectivity index (χ0) is 14.6. The Morgan fingerprint density at radius 2 is 1.95 bits per heavy atom. The van der Waals surface area contributed by atoms with Gasteiger partial charge in [-0.15, -0.1) is 0 Å². The molecule has 0 aliphatic carbocycles. The van der Waals surface area contributed by atoms with Gasteiger partial charge in [0.2, 0.25) is 5.91 Å². The van der Waals surface area contributed by atoms with Crippen molar-refractivity contribution < 1.29 is 9.53 Å². The smallest absolute Gasteiger partial charge is 0.221 e. The number of benzene rings is 1. The standard InChI is InChI=1S/C16H26N2O2/c1-3-5-8-12-18-16(19)11-13-17-14-9-6-7-10-15(14)20-4-2/h6-7,9-10,17H,3-5,8,11-13H2,1-2H3,(H,18,19). The van der Waals surface area contributed by atoms with Gasteiger partial charge >= 0.3 is 0 Å². The minimum absolute atomic E-state index is 0.0995. The van der Waals surface area contributed by atoms with Gasteiger partial charge in [-0.05, 0) is 25.5 Å². The SMILES string of the molecule is CCCCCNC(=O)CCNc1ccccc1OCC. The van der Waals surface area contributed by atoms with Crippen LogP contribution in [0.25, 0.3) is 0 Å². The predicted molar refractivity (Wildman–Crippen MR) is 83.3 cm³/mol. The van der Waals surface area contributed by atoms with Crippen molar-refractivity contribution in [2.24, 2.45) is 0 Å². The van der Waals surface area contributed by atoms with Gasteiger partial charge in [-0.25, -0.2) is 0 Å². The van der Waals surface area contributed by atoms with Crippen molar-refractivity contribution in [1.82, 2.24) is 5.32 Å². The van der Waals surface area contributed by atoms with Crippen LogP contribution in [0.5, 0.6) is 5.75 Å². The van der Waals surface area contributed by atoms with Gasteiger partial charge in [0, 0.05) is 19.5 Å². The highest BCUT2D eigenvalue weighted by molar-refractivity contribution is 5.76. The summed E-state index contributed by atoms with van der Waals surface area (Å²) < 4.78 is 5.52. The van der Waals surface area contributed by atoms with E-state index in [0.717, 1.165) is 24.4 Å². The van der Waals surface area contributed by atoms with E-state index in [9.17, 15) is 4.79 Å². The summed E-state index contributed by atoms with van der Waals surface area (Å²) in [5, 5.41) is 6.18. The molecule has 4 nitrogen and oxygen atoms in total. The van der Waals surface area contributed by atoms with Gasteiger partial charge < -0.3 is 15.4 Å². The summed E-state index contributed by atoms with van der Waals surface area (Å²) in [5.74, 6) is 0.931. The average Bonchev–Trinajstić information content (AvgIpc) is 2.46. The second-order valence-electron chi connectivity index (χ2n) is 4.66. The lowest BCUT2D eigenvalue weighted by Gasteiger charge is -2.12. The maximum absolute atomic E-state index is 11.6. The van der Waals surface area contributed by atoms with Crippen molar-refractivity contribution in [2.45, 2.75) is 39.5 Å². The maximum atomic E-state index is 11.6. The van der Waals surface area contributed by atoms with Crippen LogP contribution in [-0.2, 0) is 4.79 Å². The van der Waals surface area contributed by atoms with Crippen LogP contribution in [0.2, 0.25) is 0 Å². The lowest BCUT2D eigenvalue weighted by Crippen LogP contribution is -2.26. The molecule has 0 aromatic heterocycles. The number of hydrogen-bond donors (Lipinski definition) is 2. The number of amides is 1. The molecule has 0 fully saturated rings. The molecule has 0 bridgehead atoms. The summed E-state index contributed by atoms with van der Waals surface area (Å²) in [6.45, 7) is 6.14.